The lowest BCUT2D eigenvalue weighted by molar-refractivity contribution is -0.122. The summed E-state index contributed by atoms with van der Waals surface area (Å²) in [5.74, 6) is -0.776. The third kappa shape index (κ3) is 5.41. The molecule has 1 aliphatic rings. The van der Waals surface area contributed by atoms with Crippen LogP contribution in [-0.2, 0) is 14.8 Å². The number of hydrogen-bond donors (Lipinski definition) is 1. The normalized spacial score (nSPS) is 17.0. The van der Waals surface area contributed by atoms with Crippen LogP contribution in [-0.4, -0.2) is 56.3 Å². The van der Waals surface area contributed by atoms with Gasteiger partial charge in [-0.1, -0.05) is 42.5 Å². The van der Waals surface area contributed by atoms with Crippen molar-refractivity contribution in [3.63, 3.8) is 0 Å². The second kappa shape index (κ2) is 9.47. The average molecular weight is 420 g/mol. The van der Waals surface area contributed by atoms with Crippen LogP contribution in [0.15, 0.2) is 59.5 Å². The molecule has 2 aromatic carbocycles. The van der Waals surface area contributed by atoms with Gasteiger partial charge in [-0.15, -0.1) is 0 Å². The number of rotatable bonds is 7. The molecule has 0 bridgehead atoms. The second-order valence-electron chi connectivity index (χ2n) is 7.13. The molecule has 0 radical (unpaired) electrons. The number of hydrogen-bond acceptors (Lipinski definition) is 4. The molecule has 29 heavy (non-hydrogen) atoms. The highest BCUT2D eigenvalue weighted by Gasteiger charge is 2.30. The Morgan fingerprint density at radius 1 is 1.03 bits per heavy atom. The van der Waals surface area contributed by atoms with Crippen molar-refractivity contribution in [2.45, 2.75) is 24.3 Å². The van der Waals surface area contributed by atoms with E-state index in [1.165, 1.54) is 22.5 Å². The molecule has 0 saturated carbocycles. The first-order chi connectivity index (χ1) is 13.9. The van der Waals surface area contributed by atoms with Gasteiger partial charge in [0.05, 0.1) is 6.04 Å². The van der Waals surface area contributed by atoms with Crippen LogP contribution in [0.2, 0.25) is 0 Å². The highest BCUT2D eigenvalue weighted by molar-refractivity contribution is 7.89. The maximum absolute atomic E-state index is 13.9. The summed E-state index contributed by atoms with van der Waals surface area (Å²) in [7, 11) is -3.84. The first kappa shape index (κ1) is 21.4. The number of nitrogens with one attached hydrogen (secondary N) is 1. The zero-order chi connectivity index (χ0) is 20.9. The van der Waals surface area contributed by atoms with Crippen molar-refractivity contribution in [1.82, 2.24) is 14.5 Å². The average Bonchev–Trinajstić information content (AvgIpc) is 2.73. The minimum Gasteiger partial charge on any atom is -0.350 e. The summed E-state index contributed by atoms with van der Waals surface area (Å²) in [5.41, 5.74) is 1.05. The molecule has 8 heteroatoms. The van der Waals surface area contributed by atoms with Crippen molar-refractivity contribution < 1.29 is 17.6 Å². The number of sulfonamides is 1. The van der Waals surface area contributed by atoms with Crippen molar-refractivity contribution in [2.24, 2.45) is 0 Å². The van der Waals surface area contributed by atoms with E-state index in [1.54, 1.807) is 0 Å². The first-order valence-corrected chi connectivity index (χ1v) is 11.1. The Morgan fingerprint density at radius 2 is 1.66 bits per heavy atom. The SMILES string of the molecule is CC(NC(=O)CCN1CCN(S(=O)(=O)c2ccccc2F)CC1)c1ccccc1. The third-order valence-electron chi connectivity index (χ3n) is 5.12. The van der Waals surface area contributed by atoms with E-state index in [1.807, 2.05) is 37.3 Å². The summed E-state index contributed by atoms with van der Waals surface area (Å²) in [6.07, 6.45) is 0.344. The Kier molecular flexibility index (Phi) is 7.00. The van der Waals surface area contributed by atoms with Crippen LogP contribution < -0.4 is 5.32 Å². The van der Waals surface area contributed by atoms with E-state index in [9.17, 15) is 17.6 Å². The van der Waals surface area contributed by atoms with Gasteiger partial charge >= 0.3 is 0 Å². The maximum Gasteiger partial charge on any atom is 0.246 e. The maximum atomic E-state index is 13.9. The van der Waals surface area contributed by atoms with E-state index in [2.05, 4.69) is 10.2 Å². The zero-order valence-electron chi connectivity index (χ0n) is 16.4. The van der Waals surface area contributed by atoms with Gasteiger partial charge < -0.3 is 10.2 Å². The predicted molar refractivity (Wildman–Crippen MR) is 109 cm³/mol. The van der Waals surface area contributed by atoms with E-state index in [0.29, 0.717) is 26.1 Å². The molecule has 0 aliphatic carbocycles. The number of carbonyl (C=O) groups is 1. The largest absolute Gasteiger partial charge is 0.350 e. The highest BCUT2D eigenvalue weighted by atomic mass is 32.2. The summed E-state index contributed by atoms with van der Waals surface area (Å²) in [4.78, 5) is 14.0. The number of nitrogens with zero attached hydrogens (tertiary/aromatic N) is 2. The van der Waals surface area contributed by atoms with Gasteiger partial charge in [-0.2, -0.15) is 4.31 Å². The first-order valence-electron chi connectivity index (χ1n) is 9.69. The van der Waals surface area contributed by atoms with Crippen LogP contribution >= 0.6 is 0 Å². The fraction of sp³-hybridized carbons (Fsp3) is 0.381. The molecule has 1 aliphatic heterocycles. The Labute approximate surface area is 171 Å². The molecule has 6 nitrogen and oxygen atoms in total. The number of carbonyl (C=O) groups excluding carboxylic acids is 1. The topological polar surface area (TPSA) is 69.7 Å². The number of benzene rings is 2. The predicted octanol–water partition coefficient (Wildman–Crippen LogP) is 2.40. The smallest absolute Gasteiger partial charge is 0.246 e. The molecule has 1 atom stereocenters. The van der Waals surface area contributed by atoms with Crippen LogP contribution in [0.5, 0.6) is 0 Å². The standard InChI is InChI=1S/C21H26FN3O3S/c1-17(18-7-3-2-4-8-18)23-21(26)11-12-24-13-15-25(16-14-24)29(27,28)20-10-6-5-9-19(20)22/h2-10,17H,11-16H2,1H3,(H,23,26). The summed E-state index contributed by atoms with van der Waals surface area (Å²) in [5, 5.41) is 2.98. The van der Waals surface area contributed by atoms with Crippen molar-refractivity contribution in [3.05, 3.63) is 66.0 Å². The van der Waals surface area contributed by atoms with E-state index < -0.39 is 15.8 Å². The molecule has 2 aromatic rings. The lowest BCUT2D eigenvalue weighted by Gasteiger charge is -2.33. The van der Waals surface area contributed by atoms with Gasteiger partial charge in [-0.3, -0.25) is 4.79 Å². The summed E-state index contributed by atoms with van der Waals surface area (Å²) < 4.78 is 40.5. The van der Waals surface area contributed by atoms with E-state index >= 15 is 0 Å². The Hall–Kier alpha value is -2.29. The van der Waals surface area contributed by atoms with Gasteiger partial charge in [0.1, 0.15) is 10.7 Å². The van der Waals surface area contributed by atoms with Gasteiger partial charge in [-0.05, 0) is 24.6 Å². The molecule has 1 heterocycles. The van der Waals surface area contributed by atoms with Gasteiger partial charge in [-0.25, -0.2) is 12.8 Å². The molecule has 1 unspecified atom stereocenters. The molecule has 1 fully saturated rings. The minimum absolute atomic E-state index is 0.0391. The molecule has 3 rings (SSSR count). The van der Waals surface area contributed by atoms with Gasteiger partial charge in [0, 0.05) is 39.1 Å². The van der Waals surface area contributed by atoms with Crippen molar-refractivity contribution in [3.8, 4) is 0 Å². The number of amides is 1. The van der Waals surface area contributed by atoms with Crippen molar-refractivity contribution >= 4 is 15.9 Å². The lowest BCUT2D eigenvalue weighted by Crippen LogP contribution is -2.49. The molecule has 156 valence electrons. The third-order valence-corrected chi connectivity index (χ3v) is 7.05. The minimum atomic E-state index is -3.84. The van der Waals surface area contributed by atoms with Crippen LogP contribution in [0.3, 0.4) is 0 Å². The summed E-state index contributed by atoms with van der Waals surface area (Å²) in [6, 6.07) is 15.1. The van der Waals surface area contributed by atoms with E-state index in [0.717, 1.165) is 11.6 Å². The molecule has 1 saturated heterocycles. The van der Waals surface area contributed by atoms with E-state index in [4.69, 9.17) is 0 Å². The van der Waals surface area contributed by atoms with Crippen LogP contribution in [0.25, 0.3) is 0 Å². The monoisotopic (exact) mass is 419 g/mol. The Morgan fingerprint density at radius 3 is 2.31 bits per heavy atom. The molecular formula is C21H26FN3O3S. The van der Waals surface area contributed by atoms with Gasteiger partial charge in [0.2, 0.25) is 15.9 Å². The number of halogens is 1. The highest BCUT2D eigenvalue weighted by Crippen LogP contribution is 2.20. The summed E-state index contributed by atoms with van der Waals surface area (Å²) in [6.45, 7) is 4.07. The quantitative estimate of drug-likeness (QED) is 0.748. The molecular weight excluding hydrogens is 393 g/mol. The van der Waals surface area contributed by atoms with E-state index in [-0.39, 0.29) is 29.9 Å². The Balaban J connectivity index is 1.46. The fourth-order valence-corrected chi connectivity index (χ4v) is 4.87. The lowest BCUT2D eigenvalue weighted by atomic mass is 10.1. The molecule has 0 aromatic heterocycles. The second-order valence-corrected chi connectivity index (χ2v) is 9.03. The van der Waals surface area contributed by atoms with Crippen LogP contribution in [0.4, 0.5) is 4.39 Å². The molecule has 1 N–H and O–H groups in total. The van der Waals surface area contributed by atoms with Gasteiger partial charge in [0.15, 0.2) is 0 Å². The molecule has 0 spiro atoms. The zero-order valence-corrected chi connectivity index (χ0v) is 17.2. The summed E-state index contributed by atoms with van der Waals surface area (Å²) >= 11 is 0. The molecule has 1 amide bonds. The fourth-order valence-electron chi connectivity index (χ4n) is 3.38. The number of piperazine rings is 1. The van der Waals surface area contributed by atoms with Crippen LogP contribution in [0.1, 0.15) is 24.9 Å². The Bertz CT molecular complexity index is 929. The van der Waals surface area contributed by atoms with Crippen LogP contribution in [0, 0.1) is 5.82 Å². The van der Waals surface area contributed by atoms with Gasteiger partial charge in [0.25, 0.3) is 0 Å². The van der Waals surface area contributed by atoms with Crippen molar-refractivity contribution in [1.29, 1.82) is 0 Å². The van der Waals surface area contributed by atoms with Crippen molar-refractivity contribution in [2.75, 3.05) is 32.7 Å².